The summed E-state index contributed by atoms with van der Waals surface area (Å²) in [6.07, 6.45) is 6.73. The van der Waals surface area contributed by atoms with Crippen molar-refractivity contribution in [3.63, 3.8) is 0 Å². The first-order valence-corrected chi connectivity index (χ1v) is 14.9. The van der Waals surface area contributed by atoms with Crippen LogP contribution in [-0.2, 0) is 23.4 Å². The Balaban J connectivity index is 2.17. The molecule has 2 rings (SSSR count). The molecule has 0 N–H and O–H groups in total. The highest BCUT2D eigenvalue weighted by atomic mass is 28.4. The maximum Gasteiger partial charge on any atom is 0.330 e. The van der Waals surface area contributed by atoms with E-state index in [1.54, 1.807) is 6.08 Å². The van der Waals surface area contributed by atoms with E-state index in [9.17, 15) is 4.79 Å². The van der Waals surface area contributed by atoms with Crippen LogP contribution in [0.15, 0.2) is 12.2 Å². The van der Waals surface area contributed by atoms with E-state index in [2.05, 4.69) is 47.7 Å². The molecule has 0 bridgehead atoms. The van der Waals surface area contributed by atoms with Gasteiger partial charge in [-0.15, -0.1) is 0 Å². The second-order valence-electron chi connectivity index (χ2n) is 11.5. The van der Waals surface area contributed by atoms with Crippen molar-refractivity contribution in [3.8, 4) is 0 Å². The van der Waals surface area contributed by atoms with Gasteiger partial charge in [0.1, 0.15) is 0 Å². The van der Waals surface area contributed by atoms with Gasteiger partial charge in [0.05, 0.1) is 24.9 Å². The van der Waals surface area contributed by atoms with Crippen LogP contribution in [0.4, 0.5) is 0 Å². The molecule has 6 heteroatoms. The topological polar surface area (TPSA) is 54.0 Å². The molecule has 6 atom stereocenters. The van der Waals surface area contributed by atoms with E-state index in [0.29, 0.717) is 12.5 Å². The Morgan fingerprint density at radius 1 is 1.23 bits per heavy atom. The van der Waals surface area contributed by atoms with Gasteiger partial charge in [-0.25, -0.2) is 4.79 Å². The second-order valence-corrected chi connectivity index (χ2v) is 16.3. The van der Waals surface area contributed by atoms with Gasteiger partial charge in [-0.3, -0.25) is 0 Å². The molecule has 2 aliphatic rings. The third-order valence-electron chi connectivity index (χ3n) is 7.19. The second kappa shape index (κ2) is 10.1. The fourth-order valence-corrected chi connectivity index (χ4v) is 5.57. The van der Waals surface area contributed by atoms with Gasteiger partial charge in [0, 0.05) is 12.5 Å². The van der Waals surface area contributed by atoms with Gasteiger partial charge in [-0.05, 0) is 69.5 Å². The van der Waals surface area contributed by atoms with Gasteiger partial charge in [-0.1, -0.05) is 40.7 Å². The highest BCUT2D eigenvalue weighted by molar-refractivity contribution is 6.74. The smallest absolute Gasteiger partial charge is 0.330 e. The summed E-state index contributed by atoms with van der Waals surface area (Å²) in [6, 6.07) is 0. The minimum absolute atomic E-state index is 0.0252. The van der Waals surface area contributed by atoms with Crippen LogP contribution in [0.2, 0.25) is 18.1 Å². The predicted molar refractivity (Wildman–Crippen MR) is 127 cm³/mol. The van der Waals surface area contributed by atoms with Crippen LogP contribution in [0, 0.1) is 17.8 Å². The zero-order valence-corrected chi connectivity index (χ0v) is 22.5. The molecule has 0 unspecified atom stereocenters. The van der Waals surface area contributed by atoms with Crippen LogP contribution >= 0.6 is 0 Å². The van der Waals surface area contributed by atoms with E-state index < -0.39 is 14.1 Å². The molecule has 1 saturated heterocycles. The Bertz CT molecular complexity index is 636. The average molecular weight is 455 g/mol. The third kappa shape index (κ3) is 7.69. The maximum atomic E-state index is 11.9. The summed E-state index contributed by atoms with van der Waals surface area (Å²) in [7, 11) is -2.00. The summed E-state index contributed by atoms with van der Waals surface area (Å²) >= 11 is 0. The molecule has 1 saturated carbocycles. The number of esters is 1. The molecule has 0 aromatic carbocycles. The Morgan fingerprint density at radius 2 is 1.84 bits per heavy atom. The third-order valence-corrected chi connectivity index (χ3v) is 11.7. The van der Waals surface area contributed by atoms with Crippen LogP contribution < -0.4 is 0 Å². The Labute approximate surface area is 191 Å². The first kappa shape index (κ1) is 26.6. The maximum absolute atomic E-state index is 11.9. The average Bonchev–Trinajstić information content (AvgIpc) is 3.33. The molecule has 31 heavy (non-hydrogen) atoms. The number of carbonyl (C=O) groups is 1. The molecular weight excluding hydrogens is 408 g/mol. The molecule has 0 amide bonds. The number of hydrogen-bond acceptors (Lipinski definition) is 5. The van der Waals surface area contributed by atoms with E-state index >= 15 is 0 Å². The summed E-state index contributed by atoms with van der Waals surface area (Å²) in [4.78, 5) is 11.9. The van der Waals surface area contributed by atoms with Crippen molar-refractivity contribution >= 4 is 14.3 Å². The summed E-state index contributed by atoms with van der Waals surface area (Å²) in [5, 5.41) is 0.109. The number of rotatable bonds is 9. The zero-order chi connectivity index (χ0) is 23.6. The molecule has 0 aromatic heterocycles. The van der Waals surface area contributed by atoms with Crippen LogP contribution in [0.5, 0.6) is 0 Å². The van der Waals surface area contributed by atoms with Crippen molar-refractivity contribution < 1.29 is 23.4 Å². The van der Waals surface area contributed by atoms with Crippen molar-refractivity contribution in [2.75, 3.05) is 6.61 Å². The minimum atomic E-state index is -2.00. The molecule has 1 heterocycles. The highest BCUT2D eigenvalue weighted by Crippen LogP contribution is 2.47. The monoisotopic (exact) mass is 454 g/mol. The summed E-state index contributed by atoms with van der Waals surface area (Å²) in [5.74, 6) is 0.580. The number of carbonyl (C=O) groups excluding carboxylic acids is 1. The molecule has 1 aliphatic carbocycles. The van der Waals surface area contributed by atoms with Crippen LogP contribution in [0.1, 0.15) is 74.7 Å². The molecular formula is C25H46O5Si. The Morgan fingerprint density at radius 3 is 2.35 bits per heavy atom. The standard InChI is InChI=1S/C25H46O5Si/c1-11-27-23(26)13-12-17(2)21(30-31(9,10)24(4,5)6)15-19-16-22(20-14-18(20)3)29-25(7,8)28-19/h12-13,17-22H,11,14-16H2,1-10H3/b13-12+/t17-,18-,19-,20-,21-,22-/m0/s1. The van der Waals surface area contributed by atoms with E-state index in [4.69, 9.17) is 18.6 Å². The quantitative estimate of drug-likeness (QED) is 0.240. The van der Waals surface area contributed by atoms with Gasteiger partial charge in [0.25, 0.3) is 0 Å². The highest BCUT2D eigenvalue weighted by Gasteiger charge is 2.48. The van der Waals surface area contributed by atoms with Crippen LogP contribution in [0.3, 0.4) is 0 Å². The molecule has 1 aliphatic heterocycles. The summed E-state index contributed by atoms with van der Waals surface area (Å²) in [5.41, 5.74) is 0. The number of ether oxygens (including phenoxy) is 3. The minimum Gasteiger partial charge on any atom is -0.463 e. The molecule has 0 aromatic rings. The lowest BCUT2D eigenvalue weighted by Crippen LogP contribution is -2.49. The Hall–Kier alpha value is -0.693. The lowest BCUT2D eigenvalue weighted by molar-refractivity contribution is -0.306. The van der Waals surface area contributed by atoms with Gasteiger partial charge >= 0.3 is 5.97 Å². The molecule has 0 spiro atoms. The van der Waals surface area contributed by atoms with Crippen molar-refractivity contribution in [2.45, 2.75) is 117 Å². The van der Waals surface area contributed by atoms with Crippen molar-refractivity contribution in [2.24, 2.45) is 17.8 Å². The molecule has 0 radical (unpaired) electrons. The van der Waals surface area contributed by atoms with E-state index in [-0.39, 0.29) is 35.2 Å². The first-order chi connectivity index (χ1) is 14.1. The lowest BCUT2D eigenvalue weighted by Gasteiger charge is -2.45. The van der Waals surface area contributed by atoms with Gasteiger partial charge < -0.3 is 18.6 Å². The van der Waals surface area contributed by atoms with Gasteiger partial charge in [-0.2, -0.15) is 0 Å². The molecule has 180 valence electrons. The van der Waals surface area contributed by atoms with Crippen LogP contribution in [-0.4, -0.2) is 45.0 Å². The predicted octanol–water partition coefficient (Wildman–Crippen LogP) is 6.09. The fourth-order valence-electron chi connectivity index (χ4n) is 4.15. The SMILES string of the molecule is CCOC(=O)/C=C/[C@H](C)[C@H](C[C@H]1C[C@@H]([C@H]2C[C@@H]2C)OC(C)(C)O1)O[Si](C)(C)C(C)(C)C. The lowest BCUT2D eigenvalue weighted by atomic mass is 9.93. The normalized spacial score (nSPS) is 30.8. The molecule has 2 fully saturated rings. The Kier molecular flexibility index (Phi) is 8.62. The number of hydrogen-bond donors (Lipinski definition) is 0. The van der Waals surface area contributed by atoms with E-state index in [0.717, 1.165) is 18.8 Å². The summed E-state index contributed by atoms with van der Waals surface area (Å²) < 4.78 is 24.6. The van der Waals surface area contributed by atoms with Gasteiger partial charge in [0.15, 0.2) is 14.1 Å². The van der Waals surface area contributed by atoms with Crippen molar-refractivity contribution in [3.05, 3.63) is 12.2 Å². The van der Waals surface area contributed by atoms with Gasteiger partial charge in [0.2, 0.25) is 0 Å². The van der Waals surface area contributed by atoms with Crippen LogP contribution in [0.25, 0.3) is 0 Å². The van der Waals surface area contributed by atoms with E-state index in [1.165, 1.54) is 6.42 Å². The van der Waals surface area contributed by atoms with E-state index in [1.807, 2.05) is 26.8 Å². The molecule has 5 nitrogen and oxygen atoms in total. The van der Waals surface area contributed by atoms with Crippen molar-refractivity contribution in [1.82, 2.24) is 0 Å². The fraction of sp³-hybridized carbons (Fsp3) is 0.880. The van der Waals surface area contributed by atoms with Crippen molar-refractivity contribution in [1.29, 1.82) is 0 Å². The first-order valence-electron chi connectivity index (χ1n) is 12.0. The largest absolute Gasteiger partial charge is 0.463 e. The summed E-state index contributed by atoms with van der Waals surface area (Å²) in [6.45, 7) is 22.0. The zero-order valence-electron chi connectivity index (χ0n) is 21.5.